The second-order valence-electron chi connectivity index (χ2n) is 4.04. The van der Waals surface area contributed by atoms with E-state index in [0.29, 0.717) is 12.2 Å². The van der Waals surface area contributed by atoms with Gasteiger partial charge in [-0.2, -0.15) is 0 Å². The Bertz CT molecular complexity index is 410. The van der Waals surface area contributed by atoms with Crippen molar-refractivity contribution in [2.75, 3.05) is 12.3 Å². The van der Waals surface area contributed by atoms with Crippen molar-refractivity contribution in [1.29, 1.82) is 0 Å². The average molecular weight is 219 g/mol. The summed E-state index contributed by atoms with van der Waals surface area (Å²) in [6, 6.07) is 8.32. The Morgan fingerprint density at radius 1 is 1.27 bits per heavy atom. The first-order chi connectivity index (χ1) is 7.33. The van der Waals surface area contributed by atoms with Crippen molar-refractivity contribution in [3.05, 3.63) is 35.4 Å². The van der Waals surface area contributed by atoms with Crippen molar-refractivity contribution < 1.29 is 4.79 Å². The van der Waals surface area contributed by atoms with E-state index in [4.69, 9.17) is 0 Å². The SMILES string of the molecule is O=C1CCc2ccccc2C12NCCS2. The van der Waals surface area contributed by atoms with Crippen molar-refractivity contribution in [3.63, 3.8) is 0 Å². The summed E-state index contributed by atoms with van der Waals surface area (Å²) in [5.41, 5.74) is 2.53. The zero-order chi connectivity index (χ0) is 10.3. The van der Waals surface area contributed by atoms with Crippen LogP contribution in [0.4, 0.5) is 0 Å². The fourth-order valence-corrected chi connectivity index (χ4v) is 3.82. The van der Waals surface area contributed by atoms with E-state index in [-0.39, 0.29) is 0 Å². The molecule has 78 valence electrons. The molecule has 0 aromatic heterocycles. The van der Waals surface area contributed by atoms with Crippen LogP contribution in [0.2, 0.25) is 0 Å². The molecule has 1 unspecified atom stereocenters. The molecule has 3 rings (SSSR count). The quantitative estimate of drug-likeness (QED) is 0.720. The first kappa shape index (κ1) is 9.43. The fourth-order valence-electron chi connectivity index (χ4n) is 2.49. The summed E-state index contributed by atoms with van der Waals surface area (Å²) < 4.78 is 0. The monoisotopic (exact) mass is 219 g/mol. The normalized spacial score (nSPS) is 29.5. The summed E-state index contributed by atoms with van der Waals surface area (Å²) in [4.78, 5) is 11.7. The molecule has 15 heavy (non-hydrogen) atoms. The Balaban J connectivity index is 2.17. The molecule has 0 saturated carbocycles. The fraction of sp³-hybridized carbons (Fsp3) is 0.417. The smallest absolute Gasteiger partial charge is 0.168 e. The highest BCUT2D eigenvalue weighted by Crippen LogP contribution is 2.43. The maximum atomic E-state index is 12.1. The van der Waals surface area contributed by atoms with Crippen LogP contribution in [-0.2, 0) is 16.1 Å². The van der Waals surface area contributed by atoms with Crippen LogP contribution >= 0.6 is 11.8 Å². The molecule has 1 spiro atoms. The zero-order valence-corrected chi connectivity index (χ0v) is 9.27. The minimum atomic E-state index is -0.408. The van der Waals surface area contributed by atoms with Crippen molar-refractivity contribution in [2.24, 2.45) is 0 Å². The van der Waals surface area contributed by atoms with Gasteiger partial charge in [0, 0.05) is 18.7 Å². The van der Waals surface area contributed by atoms with Gasteiger partial charge in [0.15, 0.2) is 5.78 Å². The summed E-state index contributed by atoms with van der Waals surface area (Å²) in [5, 5.41) is 3.39. The van der Waals surface area contributed by atoms with Gasteiger partial charge in [0.2, 0.25) is 0 Å². The van der Waals surface area contributed by atoms with E-state index in [1.54, 1.807) is 11.8 Å². The molecule has 0 radical (unpaired) electrons. The van der Waals surface area contributed by atoms with Crippen LogP contribution in [0.3, 0.4) is 0 Å². The number of hydrogen-bond acceptors (Lipinski definition) is 3. The largest absolute Gasteiger partial charge is 0.296 e. The second-order valence-corrected chi connectivity index (χ2v) is 5.35. The van der Waals surface area contributed by atoms with Gasteiger partial charge in [-0.3, -0.25) is 10.1 Å². The van der Waals surface area contributed by atoms with E-state index in [2.05, 4.69) is 23.5 Å². The summed E-state index contributed by atoms with van der Waals surface area (Å²) in [6.07, 6.45) is 1.58. The Labute approximate surface area is 93.4 Å². The minimum absolute atomic E-state index is 0.351. The van der Waals surface area contributed by atoms with E-state index >= 15 is 0 Å². The van der Waals surface area contributed by atoms with Gasteiger partial charge in [0.05, 0.1) is 0 Å². The number of rotatable bonds is 0. The van der Waals surface area contributed by atoms with Crippen molar-refractivity contribution in [1.82, 2.24) is 5.32 Å². The number of fused-ring (bicyclic) bond motifs is 2. The highest BCUT2D eigenvalue weighted by Gasteiger charge is 2.46. The van der Waals surface area contributed by atoms with E-state index in [9.17, 15) is 4.79 Å². The van der Waals surface area contributed by atoms with Gasteiger partial charge in [-0.1, -0.05) is 24.3 Å². The molecule has 1 fully saturated rings. The predicted molar refractivity (Wildman–Crippen MR) is 61.9 cm³/mol. The van der Waals surface area contributed by atoms with E-state index < -0.39 is 4.87 Å². The lowest BCUT2D eigenvalue weighted by molar-refractivity contribution is -0.122. The number of aryl methyl sites for hydroxylation is 1. The first-order valence-corrected chi connectivity index (χ1v) is 6.32. The molecule has 1 aromatic rings. The van der Waals surface area contributed by atoms with Crippen LogP contribution in [-0.4, -0.2) is 18.1 Å². The number of ketones is 1. The van der Waals surface area contributed by atoms with Gasteiger partial charge in [-0.25, -0.2) is 0 Å². The number of benzene rings is 1. The molecule has 1 aliphatic carbocycles. The highest BCUT2D eigenvalue weighted by molar-refractivity contribution is 8.01. The molecule has 1 aliphatic heterocycles. The summed E-state index contributed by atoms with van der Waals surface area (Å²) in [7, 11) is 0. The molecule has 1 atom stereocenters. The van der Waals surface area contributed by atoms with E-state index in [1.165, 1.54) is 11.1 Å². The maximum Gasteiger partial charge on any atom is 0.168 e. The summed E-state index contributed by atoms with van der Waals surface area (Å²) in [5.74, 6) is 1.38. The third kappa shape index (κ3) is 1.26. The van der Waals surface area contributed by atoms with Gasteiger partial charge in [-0.05, 0) is 17.5 Å². The van der Waals surface area contributed by atoms with E-state index in [1.807, 2.05) is 6.07 Å². The highest BCUT2D eigenvalue weighted by atomic mass is 32.2. The van der Waals surface area contributed by atoms with Crippen molar-refractivity contribution in [3.8, 4) is 0 Å². The number of Topliss-reactive ketones (excluding diaryl/α,β-unsaturated/α-hetero) is 1. The first-order valence-electron chi connectivity index (χ1n) is 5.33. The van der Waals surface area contributed by atoms with Crippen molar-refractivity contribution >= 4 is 17.5 Å². The van der Waals surface area contributed by atoms with Gasteiger partial charge >= 0.3 is 0 Å². The number of hydrogen-bond donors (Lipinski definition) is 1. The standard InChI is InChI=1S/C12H13NOS/c14-11-6-5-9-3-1-2-4-10(9)12(11)13-7-8-15-12/h1-4,13H,5-8H2. The third-order valence-corrected chi connectivity index (χ3v) is 4.64. The van der Waals surface area contributed by atoms with Gasteiger partial charge in [-0.15, -0.1) is 11.8 Å². The van der Waals surface area contributed by atoms with Crippen LogP contribution in [0.5, 0.6) is 0 Å². The number of carbonyl (C=O) groups is 1. The van der Waals surface area contributed by atoms with Crippen LogP contribution in [0, 0.1) is 0 Å². The molecular formula is C12H13NOS. The van der Waals surface area contributed by atoms with Crippen LogP contribution in [0.25, 0.3) is 0 Å². The maximum absolute atomic E-state index is 12.1. The lowest BCUT2D eigenvalue weighted by atomic mass is 9.86. The molecule has 1 saturated heterocycles. The Kier molecular flexibility index (Phi) is 2.11. The number of nitrogens with one attached hydrogen (secondary N) is 1. The summed E-state index contributed by atoms with van der Waals surface area (Å²) in [6.45, 7) is 0.935. The topological polar surface area (TPSA) is 29.1 Å². The lowest BCUT2D eigenvalue weighted by Crippen LogP contribution is -2.45. The lowest BCUT2D eigenvalue weighted by Gasteiger charge is -2.33. The number of thioether (sulfide) groups is 1. The molecule has 3 heteroatoms. The van der Waals surface area contributed by atoms with E-state index in [0.717, 1.165) is 18.7 Å². The Morgan fingerprint density at radius 3 is 2.93 bits per heavy atom. The molecule has 0 amide bonds. The third-order valence-electron chi connectivity index (χ3n) is 3.21. The molecule has 1 heterocycles. The molecule has 1 N–H and O–H groups in total. The number of carbonyl (C=O) groups excluding carboxylic acids is 1. The second kappa shape index (κ2) is 3.35. The van der Waals surface area contributed by atoms with Crippen molar-refractivity contribution in [2.45, 2.75) is 17.7 Å². The molecule has 1 aromatic carbocycles. The molecule has 2 aliphatic rings. The summed E-state index contributed by atoms with van der Waals surface area (Å²) >= 11 is 1.76. The zero-order valence-electron chi connectivity index (χ0n) is 8.45. The predicted octanol–water partition coefficient (Wildman–Crippen LogP) is 1.69. The van der Waals surface area contributed by atoms with Gasteiger partial charge in [0.25, 0.3) is 0 Å². The Morgan fingerprint density at radius 2 is 2.13 bits per heavy atom. The minimum Gasteiger partial charge on any atom is -0.296 e. The molecule has 2 nitrogen and oxygen atoms in total. The van der Waals surface area contributed by atoms with Gasteiger partial charge in [0.1, 0.15) is 4.87 Å². The van der Waals surface area contributed by atoms with Crippen LogP contribution < -0.4 is 5.32 Å². The van der Waals surface area contributed by atoms with Crippen LogP contribution in [0.15, 0.2) is 24.3 Å². The van der Waals surface area contributed by atoms with Crippen LogP contribution in [0.1, 0.15) is 17.5 Å². The molecular weight excluding hydrogens is 206 g/mol. The average Bonchev–Trinajstić information content (AvgIpc) is 2.75. The molecule has 0 bridgehead atoms. The Hall–Kier alpha value is -0.800. The van der Waals surface area contributed by atoms with Gasteiger partial charge < -0.3 is 0 Å².